The highest BCUT2D eigenvalue weighted by molar-refractivity contribution is 5.70. The van der Waals surface area contributed by atoms with Gasteiger partial charge in [0, 0.05) is 30.5 Å². The Labute approximate surface area is 118 Å². The highest BCUT2D eigenvalue weighted by Crippen LogP contribution is 2.14. The van der Waals surface area contributed by atoms with E-state index in [1.807, 2.05) is 42.2 Å². The van der Waals surface area contributed by atoms with E-state index in [0.717, 1.165) is 17.7 Å². The zero-order valence-corrected chi connectivity index (χ0v) is 11.8. The number of hydrogen-bond donors (Lipinski definition) is 2. The van der Waals surface area contributed by atoms with Crippen molar-refractivity contribution in [3.63, 3.8) is 0 Å². The molecule has 0 aliphatic rings. The smallest absolute Gasteiger partial charge is 0.307 e. The maximum atomic E-state index is 10.7. The number of aryl methyl sites for hydroxylation is 1. The normalized spacial score (nSPS) is 10.5. The van der Waals surface area contributed by atoms with Crippen LogP contribution in [0.4, 0.5) is 5.69 Å². The van der Waals surface area contributed by atoms with Crippen molar-refractivity contribution in [3.05, 3.63) is 47.3 Å². The number of nitrogens with one attached hydrogen (secondary N) is 1. The first-order valence-electron chi connectivity index (χ1n) is 6.64. The zero-order chi connectivity index (χ0) is 14.5. The van der Waals surface area contributed by atoms with Crippen LogP contribution in [0.2, 0.25) is 0 Å². The Morgan fingerprint density at radius 1 is 1.45 bits per heavy atom. The fourth-order valence-corrected chi connectivity index (χ4v) is 2.28. The molecule has 0 aliphatic carbocycles. The van der Waals surface area contributed by atoms with Crippen molar-refractivity contribution in [1.29, 1.82) is 0 Å². The maximum absolute atomic E-state index is 10.7. The average Bonchev–Trinajstić information content (AvgIpc) is 2.76. The van der Waals surface area contributed by atoms with Gasteiger partial charge in [-0.15, -0.1) is 0 Å². The Morgan fingerprint density at radius 2 is 2.25 bits per heavy atom. The van der Waals surface area contributed by atoms with Crippen molar-refractivity contribution in [1.82, 2.24) is 9.78 Å². The third-order valence-corrected chi connectivity index (χ3v) is 3.25. The van der Waals surface area contributed by atoms with Gasteiger partial charge in [0.2, 0.25) is 0 Å². The predicted molar refractivity (Wildman–Crippen MR) is 77.7 cm³/mol. The lowest BCUT2D eigenvalue weighted by molar-refractivity contribution is -0.136. The summed E-state index contributed by atoms with van der Waals surface area (Å²) in [7, 11) is 1.94. The Kier molecular flexibility index (Phi) is 4.40. The van der Waals surface area contributed by atoms with Crippen molar-refractivity contribution in [2.24, 2.45) is 7.05 Å². The average molecular weight is 273 g/mol. The summed E-state index contributed by atoms with van der Waals surface area (Å²) in [6.45, 7) is 2.79. The molecule has 2 rings (SSSR count). The van der Waals surface area contributed by atoms with E-state index < -0.39 is 5.97 Å². The molecular formula is C15H19N3O2. The quantitative estimate of drug-likeness (QED) is 0.847. The number of anilines is 1. The van der Waals surface area contributed by atoms with Crippen molar-refractivity contribution < 1.29 is 9.90 Å². The van der Waals surface area contributed by atoms with Gasteiger partial charge < -0.3 is 10.4 Å². The first-order chi connectivity index (χ1) is 9.60. The molecular weight excluding hydrogens is 254 g/mol. The van der Waals surface area contributed by atoms with Gasteiger partial charge in [-0.25, -0.2) is 0 Å². The van der Waals surface area contributed by atoms with Gasteiger partial charge in [0.1, 0.15) is 0 Å². The molecule has 5 heteroatoms. The lowest BCUT2D eigenvalue weighted by Gasteiger charge is -2.08. The molecule has 20 heavy (non-hydrogen) atoms. The van der Waals surface area contributed by atoms with Gasteiger partial charge in [-0.1, -0.05) is 19.1 Å². The number of carboxylic acid groups (broad SMARTS) is 1. The lowest BCUT2D eigenvalue weighted by Crippen LogP contribution is -2.05. The molecule has 2 N–H and O–H groups in total. The largest absolute Gasteiger partial charge is 0.481 e. The summed E-state index contributed by atoms with van der Waals surface area (Å²) >= 11 is 0. The minimum atomic E-state index is -0.817. The minimum absolute atomic E-state index is 0.0443. The summed E-state index contributed by atoms with van der Waals surface area (Å²) in [4.78, 5) is 10.7. The molecule has 0 unspecified atom stereocenters. The van der Waals surface area contributed by atoms with E-state index in [1.54, 1.807) is 0 Å². The van der Waals surface area contributed by atoms with Gasteiger partial charge in [0.15, 0.2) is 0 Å². The number of rotatable bonds is 6. The third kappa shape index (κ3) is 3.38. The van der Waals surface area contributed by atoms with E-state index in [-0.39, 0.29) is 6.42 Å². The highest BCUT2D eigenvalue weighted by atomic mass is 16.4. The molecule has 0 radical (unpaired) electrons. The first kappa shape index (κ1) is 14.1. The van der Waals surface area contributed by atoms with E-state index in [4.69, 9.17) is 5.11 Å². The van der Waals surface area contributed by atoms with Crippen LogP contribution >= 0.6 is 0 Å². The van der Waals surface area contributed by atoms with E-state index in [2.05, 4.69) is 17.3 Å². The molecule has 2 aromatic rings. The molecule has 0 aliphatic heterocycles. The molecule has 0 fully saturated rings. The SMILES string of the molecule is CCc1c(CNc2cccc(CC(=O)O)c2)cnn1C. The van der Waals surface area contributed by atoms with Crippen LogP contribution in [-0.4, -0.2) is 20.9 Å². The van der Waals surface area contributed by atoms with Gasteiger partial charge in [0.05, 0.1) is 12.6 Å². The van der Waals surface area contributed by atoms with Crippen LogP contribution in [0.1, 0.15) is 23.7 Å². The number of carbonyl (C=O) groups is 1. The predicted octanol–water partition coefficient (Wildman–Crippen LogP) is 2.22. The standard InChI is InChI=1S/C15H19N3O2/c1-3-14-12(10-17-18(14)2)9-16-13-6-4-5-11(7-13)8-15(19)20/h4-7,10,16H,3,8-9H2,1-2H3,(H,19,20). The van der Waals surface area contributed by atoms with Crippen LogP contribution in [0.25, 0.3) is 0 Å². The number of hydrogen-bond acceptors (Lipinski definition) is 3. The second-order valence-electron chi connectivity index (χ2n) is 4.72. The Hall–Kier alpha value is -2.30. The van der Waals surface area contributed by atoms with Gasteiger partial charge in [0.25, 0.3) is 0 Å². The van der Waals surface area contributed by atoms with Crippen LogP contribution in [-0.2, 0) is 31.2 Å². The van der Waals surface area contributed by atoms with E-state index in [1.165, 1.54) is 11.3 Å². The number of aliphatic carboxylic acids is 1. The molecule has 0 atom stereocenters. The number of aromatic nitrogens is 2. The van der Waals surface area contributed by atoms with Crippen molar-refractivity contribution >= 4 is 11.7 Å². The van der Waals surface area contributed by atoms with Crippen LogP contribution in [0.3, 0.4) is 0 Å². The van der Waals surface area contributed by atoms with Gasteiger partial charge in [-0.05, 0) is 24.1 Å². The Balaban J connectivity index is 2.05. The molecule has 1 aromatic heterocycles. The monoisotopic (exact) mass is 273 g/mol. The number of benzene rings is 1. The molecule has 0 saturated carbocycles. The van der Waals surface area contributed by atoms with Gasteiger partial charge in [-0.2, -0.15) is 5.10 Å². The molecule has 1 aromatic carbocycles. The van der Waals surface area contributed by atoms with Crippen LogP contribution in [0, 0.1) is 0 Å². The fourth-order valence-electron chi connectivity index (χ4n) is 2.28. The number of carboxylic acids is 1. The molecule has 0 bridgehead atoms. The van der Waals surface area contributed by atoms with E-state index in [9.17, 15) is 4.79 Å². The summed E-state index contributed by atoms with van der Waals surface area (Å²) in [5.41, 5.74) is 4.09. The summed E-state index contributed by atoms with van der Waals surface area (Å²) < 4.78 is 1.89. The Bertz CT molecular complexity index is 605. The van der Waals surface area contributed by atoms with E-state index in [0.29, 0.717) is 6.54 Å². The van der Waals surface area contributed by atoms with Gasteiger partial charge >= 0.3 is 5.97 Å². The van der Waals surface area contributed by atoms with Crippen LogP contribution in [0.15, 0.2) is 30.5 Å². The molecule has 0 saturated heterocycles. The molecule has 0 amide bonds. The van der Waals surface area contributed by atoms with Crippen molar-refractivity contribution in [2.75, 3.05) is 5.32 Å². The van der Waals surface area contributed by atoms with Crippen LogP contribution < -0.4 is 5.32 Å². The molecule has 5 nitrogen and oxygen atoms in total. The summed E-state index contributed by atoms with van der Waals surface area (Å²) in [6, 6.07) is 7.49. The second-order valence-corrected chi connectivity index (χ2v) is 4.72. The summed E-state index contributed by atoms with van der Waals surface area (Å²) in [5, 5.41) is 16.4. The maximum Gasteiger partial charge on any atom is 0.307 e. The summed E-state index contributed by atoms with van der Waals surface area (Å²) in [5.74, 6) is -0.817. The first-order valence-corrected chi connectivity index (χ1v) is 6.64. The molecule has 0 spiro atoms. The van der Waals surface area contributed by atoms with Gasteiger partial charge in [-0.3, -0.25) is 9.48 Å². The van der Waals surface area contributed by atoms with Crippen LogP contribution in [0.5, 0.6) is 0 Å². The second kappa shape index (κ2) is 6.23. The highest BCUT2D eigenvalue weighted by Gasteiger charge is 2.06. The fraction of sp³-hybridized carbons (Fsp3) is 0.333. The molecule has 106 valence electrons. The topological polar surface area (TPSA) is 67.2 Å². The van der Waals surface area contributed by atoms with E-state index >= 15 is 0 Å². The molecule has 1 heterocycles. The lowest BCUT2D eigenvalue weighted by atomic mass is 10.1. The third-order valence-electron chi connectivity index (χ3n) is 3.25. The summed E-state index contributed by atoms with van der Waals surface area (Å²) in [6.07, 6.45) is 2.85. The van der Waals surface area contributed by atoms with Crippen molar-refractivity contribution in [2.45, 2.75) is 26.3 Å². The Morgan fingerprint density at radius 3 is 2.95 bits per heavy atom. The zero-order valence-electron chi connectivity index (χ0n) is 11.8. The minimum Gasteiger partial charge on any atom is -0.481 e. The van der Waals surface area contributed by atoms with Crippen molar-refractivity contribution in [3.8, 4) is 0 Å². The number of nitrogens with zero attached hydrogens (tertiary/aromatic N) is 2.